The smallest absolute Gasteiger partial charge is 0.0856 e. The zero-order valence-electron chi connectivity index (χ0n) is 9.98. The summed E-state index contributed by atoms with van der Waals surface area (Å²) >= 11 is 3.39. The maximum atomic E-state index is 10.1. The van der Waals surface area contributed by atoms with Gasteiger partial charge in [-0.25, -0.2) is 0 Å². The van der Waals surface area contributed by atoms with Crippen LogP contribution in [0.4, 0.5) is 0 Å². The number of hydrogen-bond acceptors (Lipinski definition) is 2. The monoisotopic (exact) mass is 286 g/mol. The van der Waals surface area contributed by atoms with Crippen LogP contribution in [-0.4, -0.2) is 24.4 Å². The topological polar surface area (TPSA) is 29.5 Å². The molecule has 0 fully saturated rings. The van der Waals surface area contributed by atoms with Gasteiger partial charge in [0.15, 0.2) is 0 Å². The third-order valence-corrected chi connectivity index (χ3v) is 3.20. The molecule has 1 aromatic carbocycles. The first-order valence-electron chi connectivity index (χ1n) is 5.50. The number of hydrogen-bond donors (Lipinski definition) is 1. The Hall–Kier alpha value is -0.380. The Morgan fingerprint density at radius 2 is 1.81 bits per heavy atom. The Morgan fingerprint density at radius 1 is 1.25 bits per heavy atom. The van der Waals surface area contributed by atoms with Crippen molar-refractivity contribution in [3.8, 4) is 0 Å². The molecular weight excluding hydrogens is 268 g/mol. The van der Waals surface area contributed by atoms with E-state index in [0.29, 0.717) is 12.3 Å². The maximum absolute atomic E-state index is 10.1. The molecule has 0 aliphatic carbocycles. The van der Waals surface area contributed by atoms with E-state index in [1.54, 1.807) is 7.11 Å². The molecule has 0 aromatic heterocycles. The fourth-order valence-electron chi connectivity index (χ4n) is 1.85. The van der Waals surface area contributed by atoms with E-state index in [1.165, 1.54) is 0 Å². The first-order chi connectivity index (χ1) is 7.54. The van der Waals surface area contributed by atoms with E-state index in [-0.39, 0.29) is 6.10 Å². The van der Waals surface area contributed by atoms with Crippen LogP contribution < -0.4 is 0 Å². The van der Waals surface area contributed by atoms with E-state index in [0.717, 1.165) is 10.0 Å². The van der Waals surface area contributed by atoms with Crippen LogP contribution in [0, 0.1) is 5.92 Å². The molecule has 16 heavy (non-hydrogen) atoms. The van der Waals surface area contributed by atoms with Crippen LogP contribution in [-0.2, 0) is 11.2 Å². The largest absolute Gasteiger partial charge is 0.390 e. The van der Waals surface area contributed by atoms with Crippen molar-refractivity contribution in [2.75, 3.05) is 7.11 Å². The van der Waals surface area contributed by atoms with Crippen LogP contribution in [0.15, 0.2) is 28.7 Å². The molecule has 0 spiro atoms. The Balaban J connectivity index is 2.62. The predicted octanol–water partition coefficient (Wildman–Crippen LogP) is 3.02. The van der Waals surface area contributed by atoms with Gasteiger partial charge in [-0.15, -0.1) is 0 Å². The van der Waals surface area contributed by atoms with Gasteiger partial charge in [0.05, 0.1) is 12.2 Å². The van der Waals surface area contributed by atoms with Gasteiger partial charge in [0.2, 0.25) is 0 Å². The van der Waals surface area contributed by atoms with Crippen LogP contribution in [0.1, 0.15) is 19.4 Å². The van der Waals surface area contributed by atoms with Gasteiger partial charge in [-0.05, 0) is 23.6 Å². The molecule has 2 atom stereocenters. The van der Waals surface area contributed by atoms with E-state index in [1.807, 2.05) is 24.3 Å². The molecule has 3 heteroatoms. The fourth-order valence-corrected chi connectivity index (χ4v) is 2.12. The van der Waals surface area contributed by atoms with E-state index < -0.39 is 6.10 Å². The number of aliphatic hydroxyl groups excluding tert-OH is 1. The predicted molar refractivity (Wildman–Crippen MR) is 69.5 cm³/mol. The summed E-state index contributed by atoms with van der Waals surface area (Å²) < 4.78 is 6.36. The van der Waals surface area contributed by atoms with Gasteiger partial charge in [0.1, 0.15) is 0 Å². The summed E-state index contributed by atoms with van der Waals surface area (Å²) in [4.78, 5) is 0. The Kier molecular flexibility index (Phi) is 5.46. The van der Waals surface area contributed by atoms with Gasteiger partial charge in [0, 0.05) is 18.0 Å². The normalized spacial score (nSPS) is 15.1. The highest BCUT2D eigenvalue weighted by Crippen LogP contribution is 2.16. The summed E-state index contributed by atoms with van der Waals surface area (Å²) in [7, 11) is 1.65. The third kappa shape index (κ3) is 3.89. The van der Waals surface area contributed by atoms with Crippen molar-refractivity contribution in [3.05, 3.63) is 34.3 Å². The molecule has 2 nitrogen and oxygen atoms in total. The summed E-state index contributed by atoms with van der Waals surface area (Å²) in [6.07, 6.45) is 0.0686. The highest BCUT2D eigenvalue weighted by Gasteiger charge is 2.22. The van der Waals surface area contributed by atoms with E-state index >= 15 is 0 Å². The quantitative estimate of drug-likeness (QED) is 0.902. The molecule has 1 N–H and O–H groups in total. The lowest BCUT2D eigenvalue weighted by Gasteiger charge is -2.25. The number of aliphatic hydroxyl groups is 1. The first kappa shape index (κ1) is 13.7. The van der Waals surface area contributed by atoms with Gasteiger partial charge in [-0.2, -0.15) is 0 Å². The van der Waals surface area contributed by atoms with E-state index in [2.05, 4.69) is 29.8 Å². The standard InChI is InChI=1S/C13H19BrO2/c1-9(2)13(16-3)12(15)8-10-4-6-11(14)7-5-10/h4-7,9,12-13,15H,8H2,1-3H3. The average molecular weight is 287 g/mol. The second-order valence-electron chi connectivity index (χ2n) is 4.34. The van der Waals surface area contributed by atoms with Crippen molar-refractivity contribution < 1.29 is 9.84 Å². The van der Waals surface area contributed by atoms with Crippen LogP contribution >= 0.6 is 15.9 Å². The number of methoxy groups -OCH3 is 1. The zero-order chi connectivity index (χ0) is 12.1. The lowest BCUT2D eigenvalue weighted by Crippen LogP contribution is -2.34. The van der Waals surface area contributed by atoms with Crippen molar-refractivity contribution in [2.45, 2.75) is 32.5 Å². The third-order valence-electron chi connectivity index (χ3n) is 2.67. The van der Waals surface area contributed by atoms with E-state index in [4.69, 9.17) is 4.74 Å². The average Bonchev–Trinajstić information content (AvgIpc) is 2.22. The minimum atomic E-state index is -0.453. The summed E-state index contributed by atoms with van der Waals surface area (Å²) in [5.41, 5.74) is 1.12. The molecule has 0 aliphatic rings. The van der Waals surface area contributed by atoms with Crippen molar-refractivity contribution in [1.29, 1.82) is 0 Å². The molecule has 0 amide bonds. The highest BCUT2D eigenvalue weighted by atomic mass is 79.9. The maximum Gasteiger partial charge on any atom is 0.0856 e. The summed E-state index contributed by atoms with van der Waals surface area (Å²) in [5, 5.41) is 10.1. The molecular formula is C13H19BrO2. The molecule has 0 saturated heterocycles. The first-order valence-corrected chi connectivity index (χ1v) is 6.29. The van der Waals surface area contributed by atoms with Crippen molar-refractivity contribution in [2.24, 2.45) is 5.92 Å². The molecule has 90 valence electrons. The lowest BCUT2D eigenvalue weighted by atomic mass is 9.96. The summed E-state index contributed by atoms with van der Waals surface area (Å²) in [6, 6.07) is 8.00. The van der Waals surface area contributed by atoms with Crippen molar-refractivity contribution in [1.82, 2.24) is 0 Å². The number of rotatable bonds is 5. The molecule has 1 rings (SSSR count). The lowest BCUT2D eigenvalue weighted by molar-refractivity contribution is -0.0367. The molecule has 0 bridgehead atoms. The fraction of sp³-hybridized carbons (Fsp3) is 0.538. The molecule has 0 heterocycles. The SMILES string of the molecule is COC(C(C)C)C(O)Cc1ccc(Br)cc1. The van der Waals surface area contributed by atoms with Crippen LogP contribution in [0.3, 0.4) is 0 Å². The minimum absolute atomic E-state index is 0.108. The van der Waals surface area contributed by atoms with Gasteiger partial charge < -0.3 is 9.84 Å². The van der Waals surface area contributed by atoms with Gasteiger partial charge in [0.25, 0.3) is 0 Å². The summed E-state index contributed by atoms with van der Waals surface area (Å²) in [6.45, 7) is 4.11. The Bertz CT molecular complexity index is 308. The Morgan fingerprint density at radius 3 is 2.25 bits per heavy atom. The molecule has 0 saturated carbocycles. The second-order valence-corrected chi connectivity index (χ2v) is 5.26. The number of halogens is 1. The molecule has 2 unspecified atom stereocenters. The van der Waals surface area contributed by atoms with Crippen molar-refractivity contribution >= 4 is 15.9 Å². The zero-order valence-corrected chi connectivity index (χ0v) is 11.6. The van der Waals surface area contributed by atoms with Crippen LogP contribution in [0.5, 0.6) is 0 Å². The second kappa shape index (κ2) is 6.38. The van der Waals surface area contributed by atoms with Gasteiger partial charge >= 0.3 is 0 Å². The van der Waals surface area contributed by atoms with E-state index in [9.17, 15) is 5.11 Å². The Labute approximate surface area is 106 Å². The highest BCUT2D eigenvalue weighted by molar-refractivity contribution is 9.10. The molecule has 0 aliphatic heterocycles. The number of ether oxygens (including phenoxy) is 1. The molecule has 1 aromatic rings. The van der Waals surface area contributed by atoms with Crippen LogP contribution in [0.2, 0.25) is 0 Å². The number of benzene rings is 1. The minimum Gasteiger partial charge on any atom is -0.390 e. The van der Waals surface area contributed by atoms with Crippen molar-refractivity contribution in [3.63, 3.8) is 0 Å². The molecule has 0 radical (unpaired) electrons. The van der Waals surface area contributed by atoms with Gasteiger partial charge in [-0.1, -0.05) is 41.9 Å². The van der Waals surface area contributed by atoms with Crippen LogP contribution in [0.25, 0.3) is 0 Å². The van der Waals surface area contributed by atoms with Gasteiger partial charge in [-0.3, -0.25) is 0 Å². The summed E-state index contributed by atoms with van der Waals surface area (Å²) in [5.74, 6) is 0.315.